The highest BCUT2D eigenvalue weighted by atomic mass is 32.1. The lowest BCUT2D eigenvalue weighted by molar-refractivity contribution is 0.0117. The van der Waals surface area contributed by atoms with Gasteiger partial charge < -0.3 is 15.8 Å². The SMILES string of the molecule is NCCc1nc(C(=O)NCCC2CCCCO2)cs1. The van der Waals surface area contributed by atoms with Gasteiger partial charge in [-0.05, 0) is 32.2 Å². The highest BCUT2D eigenvalue weighted by molar-refractivity contribution is 7.09. The first-order chi connectivity index (χ1) is 9.29. The van der Waals surface area contributed by atoms with E-state index in [0.717, 1.165) is 37.3 Å². The fourth-order valence-corrected chi connectivity index (χ4v) is 2.92. The zero-order chi connectivity index (χ0) is 13.5. The molecule has 6 heteroatoms. The second-order valence-electron chi connectivity index (χ2n) is 4.70. The summed E-state index contributed by atoms with van der Waals surface area (Å²) in [7, 11) is 0. The molecule has 1 aromatic heterocycles. The predicted octanol–water partition coefficient (Wildman–Crippen LogP) is 1.33. The number of hydrogen-bond donors (Lipinski definition) is 2. The second kappa shape index (κ2) is 7.57. The number of hydrogen-bond acceptors (Lipinski definition) is 5. The molecule has 106 valence electrons. The van der Waals surface area contributed by atoms with Crippen LogP contribution in [0, 0.1) is 0 Å². The number of nitrogens with two attached hydrogens (primary N) is 1. The molecule has 0 bridgehead atoms. The van der Waals surface area contributed by atoms with Gasteiger partial charge in [0, 0.05) is 25.0 Å². The zero-order valence-corrected chi connectivity index (χ0v) is 11.9. The van der Waals surface area contributed by atoms with Crippen molar-refractivity contribution in [1.29, 1.82) is 0 Å². The van der Waals surface area contributed by atoms with Gasteiger partial charge in [-0.3, -0.25) is 4.79 Å². The van der Waals surface area contributed by atoms with Gasteiger partial charge in [0.2, 0.25) is 0 Å². The Balaban J connectivity index is 1.70. The zero-order valence-electron chi connectivity index (χ0n) is 11.1. The van der Waals surface area contributed by atoms with Crippen molar-refractivity contribution < 1.29 is 9.53 Å². The second-order valence-corrected chi connectivity index (χ2v) is 5.64. The van der Waals surface area contributed by atoms with E-state index >= 15 is 0 Å². The van der Waals surface area contributed by atoms with Crippen LogP contribution in [0.5, 0.6) is 0 Å². The van der Waals surface area contributed by atoms with Crippen LogP contribution < -0.4 is 11.1 Å². The molecule has 1 atom stereocenters. The maximum Gasteiger partial charge on any atom is 0.270 e. The Bertz CT molecular complexity index is 402. The van der Waals surface area contributed by atoms with Crippen molar-refractivity contribution in [2.24, 2.45) is 5.73 Å². The minimum atomic E-state index is -0.102. The van der Waals surface area contributed by atoms with E-state index in [1.165, 1.54) is 17.8 Å². The van der Waals surface area contributed by atoms with Crippen molar-refractivity contribution in [2.45, 2.75) is 38.2 Å². The van der Waals surface area contributed by atoms with Gasteiger partial charge in [0.05, 0.1) is 11.1 Å². The summed E-state index contributed by atoms with van der Waals surface area (Å²) in [5.74, 6) is -0.102. The van der Waals surface area contributed by atoms with E-state index in [1.807, 2.05) is 0 Å². The largest absolute Gasteiger partial charge is 0.378 e. The van der Waals surface area contributed by atoms with Crippen LogP contribution in [0.3, 0.4) is 0 Å². The summed E-state index contributed by atoms with van der Waals surface area (Å²) in [6, 6.07) is 0. The van der Waals surface area contributed by atoms with Crippen LogP contribution in [0.2, 0.25) is 0 Å². The molecule has 1 saturated heterocycles. The fraction of sp³-hybridized carbons (Fsp3) is 0.692. The molecule has 0 spiro atoms. The first-order valence-corrected chi connectivity index (χ1v) is 7.72. The van der Waals surface area contributed by atoms with Gasteiger partial charge in [0.15, 0.2) is 0 Å². The molecule has 3 N–H and O–H groups in total. The van der Waals surface area contributed by atoms with Gasteiger partial charge in [-0.2, -0.15) is 0 Å². The lowest BCUT2D eigenvalue weighted by atomic mass is 10.1. The smallest absolute Gasteiger partial charge is 0.270 e. The van der Waals surface area contributed by atoms with Gasteiger partial charge in [-0.15, -0.1) is 11.3 Å². The van der Waals surface area contributed by atoms with E-state index in [2.05, 4.69) is 10.3 Å². The quantitative estimate of drug-likeness (QED) is 0.826. The van der Waals surface area contributed by atoms with E-state index in [1.54, 1.807) is 5.38 Å². The number of aromatic nitrogens is 1. The Morgan fingerprint density at radius 3 is 3.21 bits per heavy atom. The molecule has 2 heterocycles. The number of carbonyl (C=O) groups excluding carboxylic acids is 1. The van der Waals surface area contributed by atoms with Crippen LogP contribution in [0.15, 0.2) is 5.38 Å². The number of nitrogens with zero attached hydrogens (tertiary/aromatic N) is 1. The molecule has 1 aliphatic heterocycles. The highest BCUT2D eigenvalue weighted by Gasteiger charge is 2.15. The van der Waals surface area contributed by atoms with Crippen molar-refractivity contribution >= 4 is 17.2 Å². The summed E-state index contributed by atoms with van der Waals surface area (Å²) in [6.07, 6.45) is 5.41. The molecule has 0 saturated carbocycles. The summed E-state index contributed by atoms with van der Waals surface area (Å²) in [5.41, 5.74) is 5.96. The van der Waals surface area contributed by atoms with E-state index in [0.29, 0.717) is 24.9 Å². The number of ether oxygens (including phenoxy) is 1. The van der Waals surface area contributed by atoms with Crippen LogP contribution in [0.4, 0.5) is 0 Å². The average molecular weight is 283 g/mol. The lowest BCUT2D eigenvalue weighted by Crippen LogP contribution is -2.29. The number of carbonyl (C=O) groups is 1. The number of rotatable bonds is 6. The molecule has 0 aromatic carbocycles. The summed E-state index contributed by atoms with van der Waals surface area (Å²) < 4.78 is 5.62. The van der Waals surface area contributed by atoms with E-state index in [9.17, 15) is 4.79 Å². The lowest BCUT2D eigenvalue weighted by Gasteiger charge is -2.22. The molecule has 1 fully saturated rings. The van der Waals surface area contributed by atoms with Crippen molar-refractivity contribution in [3.63, 3.8) is 0 Å². The van der Waals surface area contributed by atoms with Crippen LogP contribution in [-0.2, 0) is 11.2 Å². The molecule has 0 radical (unpaired) electrons. The Hall–Kier alpha value is -0.980. The Morgan fingerprint density at radius 2 is 2.47 bits per heavy atom. The maximum atomic E-state index is 11.9. The monoisotopic (exact) mass is 283 g/mol. The number of amides is 1. The van der Waals surface area contributed by atoms with Gasteiger partial charge in [0.1, 0.15) is 5.69 Å². The van der Waals surface area contributed by atoms with Crippen LogP contribution in [0.25, 0.3) is 0 Å². The maximum absolute atomic E-state index is 11.9. The van der Waals surface area contributed by atoms with Crippen molar-refractivity contribution in [2.75, 3.05) is 19.7 Å². The summed E-state index contributed by atoms with van der Waals surface area (Å²) in [5, 5.41) is 5.60. The normalized spacial score (nSPS) is 19.3. The van der Waals surface area contributed by atoms with Gasteiger partial charge >= 0.3 is 0 Å². The first kappa shape index (κ1) is 14.4. The van der Waals surface area contributed by atoms with E-state index < -0.39 is 0 Å². The van der Waals surface area contributed by atoms with Crippen LogP contribution in [-0.4, -0.2) is 36.7 Å². The Kier molecular flexibility index (Phi) is 5.75. The number of thiazole rings is 1. The van der Waals surface area contributed by atoms with E-state index in [4.69, 9.17) is 10.5 Å². The summed E-state index contributed by atoms with van der Waals surface area (Å²) in [4.78, 5) is 16.1. The van der Waals surface area contributed by atoms with Crippen LogP contribution in [0.1, 0.15) is 41.2 Å². The topological polar surface area (TPSA) is 77.2 Å². The molecule has 1 aliphatic rings. The third-order valence-electron chi connectivity index (χ3n) is 3.17. The van der Waals surface area contributed by atoms with Gasteiger partial charge in [-0.25, -0.2) is 4.98 Å². The first-order valence-electron chi connectivity index (χ1n) is 6.84. The number of nitrogens with one attached hydrogen (secondary N) is 1. The van der Waals surface area contributed by atoms with Crippen molar-refractivity contribution in [1.82, 2.24) is 10.3 Å². The Morgan fingerprint density at radius 1 is 1.58 bits per heavy atom. The average Bonchev–Trinajstić information content (AvgIpc) is 2.89. The minimum Gasteiger partial charge on any atom is -0.378 e. The molecule has 0 aliphatic carbocycles. The molecular weight excluding hydrogens is 262 g/mol. The van der Waals surface area contributed by atoms with Crippen molar-refractivity contribution in [3.8, 4) is 0 Å². The molecule has 1 unspecified atom stereocenters. The molecule has 2 rings (SSSR count). The fourth-order valence-electron chi connectivity index (χ4n) is 2.13. The minimum absolute atomic E-state index is 0.102. The molecule has 1 aromatic rings. The van der Waals surface area contributed by atoms with Gasteiger partial charge in [0.25, 0.3) is 5.91 Å². The standard InChI is InChI=1S/C13H21N3O2S/c14-6-4-12-16-11(9-19-12)13(17)15-7-5-10-3-1-2-8-18-10/h9-10H,1-8,14H2,(H,15,17). The molecule has 1 amide bonds. The van der Waals surface area contributed by atoms with Crippen molar-refractivity contribution in [3.05, 3.63) is 16.1 Å². The van der Waals surface area contributed by atoms with Gasteiger partial charge in [-0.1, -0.05) is 0 Å². The summed E-state index contributed by atoms with van der Waals surface area (Å²) in [6.45, 7) is 2.06. The third-order valence-corrected chi connectivity index (χ3v) is 4.08. The van der Waals surface area contributed by atoms with E-state index in [-0.39, 0.29) is 5.91 Å². The van der Waals surface area contributed by atoms with Crippen LogP contribution >= 0.6 is 11.3 Å². The Labute approximate surface area is 117 Å². The third kappa shape index (κ3) is 4.56. The summed E-state index contributed by atoms with van der Waals surface area (Å²) >= 11 is 1.49. The highest BCUT2D eigenvalue weighted by Crippen LogP contribution is 2.15. The molecular formula is C13H21N3O2S. The molecule has 5 nitrogen and oxygen atoms in total. The molecule has 19 heavy (non-hydrogen) atoms. The predicted molar refractivity (Wildman–Crippen MR) is 75.4 cm³/mol.